The normalized spacial score (nSPS) is 18.5. The number of likely N-dealkylation sites (tertiary alicyclic amines) is 1. The Balaban J connectivity index is 1.40. The number of ether oxygens (including phenoxy) is 2. The maximum Gasteiger partial charge on any atom is 0.255 e. The molecule has 1 fully saturated rings. The predicted octanol–water partition coefficient (Wildman–Crippen LogP) is 6.03. The SMILES string of the molecule is COc1cc(N)c(Cl)cc1C(=O)N[C@@H]1CCN(C(C)CCC(c2ccc(F)cc2)c2ccc(F)cc2)C[C@@H]1OC. The number of benzene rings is 3. The third kappa shape index (κ3) is 7.11. The first-order valence-electron chi connectivity index (χ1n) is 13.4. The molecule has 0 saturated carbocycles. The van der Waals surface area contributed by atoms with Crippen molar-refractivity contribution in [3.8, 4) is 5.75 Å². The van der Waals surface area contributed by atoms with Crippen LogP contribution >= 0.6 is 11.6 Å². The van der Waals surface area contributed by atoms with Crippen LogP contribution in [0.25, 0.3) is 0 Å². The summed E-state index contributed by atoms with van der Waals surface area (Å²) in [4.78, 5) is 15.5. The van der Waals surface area contributed by atoms with Crippen molar-refractivity contribution in [2.24, 2.45) is 0 Å². The first-order valence-corrected chi connectivity index (χ1v) is 13.8. The number of hydrogen-bond acceptors (Lipinski definition) is 5. The molecule has 1 amide bonds. The molecule has 1 aliphatic heterocycles. The second kappa shape index (κ2) is 13.4. The molecule has 0 radical (unpaired) electrons. The fourth-order valence-electron chi connectivity index (χ4n) is 5.41. The van der Waals surface area contributed by atoms with Crippen molar-refractivity contribution >= 4 is 23.2 Å². The molecule has 214 valence electrons. The Morgan fingerprint density at radius 2 is 1.65 bits per heavy atom. The van der Waals surface area contributed by atoms with Gasteiger partial charge in [-0.25, -0.2) is 8.78 Å². The van der Waals surface area contributed by atoms with E-state index in [1.165, 1.54) is 37.4 Å². The van der Waals surface area contributed by atoms with E-state index in [1.807, 2.05) is 0 Å². The number of anilines is 1. The van der Waals surface area contributed by atoms with Gasteiger partial charge in [0.25, 0.3) is 5.91 Å². The average molecular weight is 572 g/mol. The van der Waals surface area contributed by atoms with Gasteiger partial charge in [0.05, 0.1) is 35.5 Å². The summed E-state index contributed by atoms with van der Waals surface area (Å²) >= 11 is 6.16. The number of nitrogen functional groups attached to an aromatic ring is 1. The summed E-state index contributed by atoms with van der Waals surface area (Å²) in [6.45, 7) is 3.61. The summed E-state index contributed by atoms with van der Waals surface area (Å²) in [6, 6.07) is 16.1. The Morgan fingerprint density at radius 1 is 1.05 bits per heavy atom. The molecule has 1 heterocycles. The molecule has 0 spiro atoms. The molecule has 0 aromatic heterocycles. The minimum absolute atomic E-state index is 0.0143. The molecule has 9 heteroatoms. The number of piperidine rings is 1. The molecule has 0 bridgehead atoms. The van der Waals surface area contributed by atoms with E-state index in [0.29, 0.717) is 30.0 Å². The van der Waals surface area contributed by atoms with Crippen LogP contribution in [0.4, 0.5) is 14.5 Å². The monoisotopic (exact) mass is 571 g/mol. The van der Waals surface area contributed by atoms with Crippen molar-refractivity contribution < 1.29 is 23.0 Å². The van der Waals surface area contributed by atoms with E-state index < -0.39 is 0 Å². The van der Waals surface area contributed by atoms with Crippen molar-refractivity contribution in [3.63, 3.8) is 0 Å². The zero-order chi connectivity index (χ0) is 28.8. The van der Waals surface area contributed by atoms with Gasteiger partial charge >= 0.3 is 0 Å². The van der Waals surface area contributed by atoms with Gasteiger partial charge in [0, 0.05) is 38.2 Å². The molecule has 4 rings (SSSR count). The van der Waals surface area contributed by atoms with E-state index in [0.717, 1.165) is 30.5 Å². The Hall–Kier alpha value is -3.20. The lowest BCUT2D eigenvalue weighted by molar-refractivity contribution is -0.00660. The summed E-state index contributed by atoms with van der Waals surface area (Å²) in [5.41, 5.74) is 8.51. The summed E-state index contributed by atoms with van der Waals surface area (Å²) in [5.74, 6) is -0.493. The summed E-state index contributed by atoms with van der Waals surface area (Å²) < 4.78 is 38.3. The Kier molecular flexibility index (Phi) is 10.0. The van der Waals surface area contributed by atoms with Crippen LogP contribution in [-0.4, -0.2) is 56.3 Å². The van der Waals surface area contributed by atoms with Gasteiger partial charge in [0.15, 0.2) is 0 Å². The number of nitrogens with two attached hydrogens (primary N) is 1. The molecule has 3 atom stereocenters. The zero-order valence-corrected chi connectivity index (χ0v) is 23.8. The van der Waals surface area contributed by atoms with Crippen LogP contribution in [-0.2, 0) is 4.74 Å². The number of carbonyl (C=O) groups excluding carboxylic acids is 1. The molecule has 40 heavy (non-hydrogen) atoms. The highest BCUT2D eigenvalue weighted by molar-refractivity contribution is 6.33. The van der Waals surface area contributed by atoms with Gasteiger partial charge in [-0.3, -0.25) is 9.69 Å². The fourth-order valence-corrected chi connectivity index (χ4v) is 5.58. The van der Waals surface area contributed by atoms with Crippen molar-refractivity contribution in [2.45, 2.75) is 50.3 Å². The van der Waals surface area contributed by atoms with E-state index in [1.54, 1.807) is 37.4 Å². The Labute approximate surface area is 239 Å². The molecular weight excluding hydrogens is 536 g/mol. The number of rotatable bonds is 10. The standard InChI is InChI=1S/C31H36ClF2N3O3/c1-19(4-13-24(20-5-9-22(33)10-6-20)21-7-11-23(34)12-8-21)37-15-14-28(30(18-37)40-3)36-31(38)25-16-26(32)27(35)17-29(25)39-2/h5-12,16-17,19,24,28,30H,4,13-15,18,35H2,1-3H3,(H,36,38)/t19?,28-,30+/m1/s1. The molecule has 0 aliphatic carbocycles. The lowest BCUT2D eigenvalue weighted by Gasteiger charge is -2.41. The van der Waals surface area contributed by atoms with E-state index in [-0.39, 0.29) is 46.7 Å². The van der Waals surface area contributed by atoms with Crippen LogP contribution in [0, 0.1) is 11.6 Å². The number of hydrogen-bond donors (Lipinski definition) is 2. The fraction of sp³-hybridized carbons (Fsp3) is 0.387. The van der Waals surface area contributed by atoms with Crippen LogP contribution in [0.3, 0.4) is 0 Å². The van der Waals surface area contributed by atoms with E-state index in [2.05, 4.69) is 17.1 Å². The van der Waals surface area contributed by atoms with Crippen LogP contribution in [0.5, 0.6) is 5.75 Å². The molecule has 6 nitrogen and oxygen atoms in total. The minimum atomic E-state index is -0.297. The molecule has 1 unspecified atom stereocenters. The first-order chi connectivity index (χ1) is 19.2. The highest BCUT2D eigenvalue weighted by atomic mass is 35.5. The van der Waals surface area contributed by atoms with Gasteiger partial charge in [-0.2, -0.15) is 0 Å². The maximum absolute atomic E-state index is 13.6. The molecule has 3 N–H and O–H groups in total. The average Bonchev–Trinajstić information content (AvgIpc) is 2.96. The number of carbonyl (C=O) groups is 1. The van der Waals surface area contributed by atoms with Gasteiger partial charge in [0.1, 0.15) is 17.4 Å². The van der Waals surface area contributed by atoms with E-state index >= 15 is 0 Å². The highest BCUT2D eigenvalue weighted by Gasteiger charge is 2.33. The summed E-state index contributed by atoms with van der Waals surface area (Å²) in [5, 5.41) is 3.38. The topological polar surface area (TPSA) is 76.8 Å². The lowest BCUT2D eigenvalue weighted by atomic mass is 9.86. The Morgan fingerprint density at radius 3 is 2.20 bits per heavy atom. The first kappa shape index (κ1) is 29.8. The second-order valence-electron chi connectivity index (χ2n) is 10.3. The van der Waals surface area contributed by atoms with Crippen LogP contribution in [0.2, 0.25) is 5.02 Å². The summed E-state index contributed by atoms with van der Waals surface area (Å²) in [7, 11) is 3.13. The van der Waals surface area contributed by atoms with Gasteiger partial charge in [0.2, 0.25) is 0 Å². The van der Waals surface area contributed by atoms with Gasteiger partial charge in [-0.05, 0) is 67.6 Å². The maximum atomic E-state index is 13.6. The number of halogens is 3. The zero-order valence-electron chi connectivity index (χ0n) is 23.0. The number of methoxy groups -OCH3 is 2. The Bertz CT molecular complexity index is 1240. The van der Waals surface area contributed by atoms with Crippen molar-refractivity contribution in [2.75, 3.05) is 33.0 Å². The van der Waals surface area contributed by atoms with Crippen LogP contribution in [0.15, 0.2) is 60.7 Å². The molecular formula is C31H36ClF2N3O3. The van der Waals surface area contributed by atoms with E-state index in [9.17, 15) is 13.6 Å². The molecule has 3 aromatic carbocycles. The van der Waals surface area contributed by atoms with Gasteiger partial charge < -0.3 is 20.5 Å². The number of amides is 1. The highest BCUT2D eigenvalue weighted by Crippen LogP contribution is 2.32. The molecule has 3 aromatic rings. The summed E-state index contributed by atoms with van der Waals surface area (Å²) in [6.07, 6.45) is 2.18. The minimum Gasteiger partial charge on any atom is -0.496 e. The van der Waals surface area contributed by atoms with Gasteiger partial charge in [-0.15, -0.1) is 0 Å². The number of nitrogens with zero attached hydrogens (tertiary/aromatic N) is 1. The van der Waals surface area contributed by atoms with Crippen molar-refractivity contribution in [1.29, 1.82) is 0 Å². The van der Waals surface area contributed by atoms with Crippen LogP contribution in [0.1, 0.15) is 53.6 Å². The quantitative estimate of drug-likeness (QED) is 0.291. The molecule has 1 aliphatic rings. The van der Waals surface area contributed by atoms with Crippen LogP contribution < -0.4 is 15.8 Å². The van der Waals surface area contributed by atoms with Gasteiger partial charge in [-0.1, -0.05) is 35.9 Å². The lowest BCUT2D eigenvalue weighted by Crippen LogP contribution is -2.56. The van der Waals surface area contributed by atoms with Crippen molar-refractivity contribution in [1.82, 2.24) is 10.2 Å². The molecule has 1 saturated heterocycles. The third-order valence-corrected chi connectivity index (χ3v) is 8.14. The predicted molar refractivity (Wildman–Crippen MR) is 154 cm³/mol. The largest absolute Gasteiger partial charge is 0.496 e. The second-order valence-corrected chi connectivity index (χ2v) is 10.7. The van der Waals surface area contributed by atoms with E-state index in [4.69, 9.17) is 26.8 Å². The third-order valence-electron chi connectivity index (χ3n) is 7.81. The van der Waals surface area contributed by atoms with Crippen molar-refractivity contribution in [3.05, 3.63) is 94.0 Å². The smallest absolute Gasteiger partial charge is 0.255 e. The number of nitrogens with one attached hydrogen (secondary N) is 1.